The fraction of sp³-hybridized carbons (Fsp3) is 0.345. The van der Waals surface area contributed by atoms with Crippen molar-refractivity contribution >= 4 is 11.6 Å². The number of benzene rings is 2. The van der Waals surface area contributed by atoms with Gasteiger partial charge < -0.3 is 9.64 Å². The van der Waals surface area contributed by atoms with Gasteiger partial charge in [0, 0.05) is 32.0 Å². The van der Waals surface area contributed by atoms with Crippen molar-refractivity contribution in [3.05, 3.63) is 89.9 Å². The third kappa shape index (κ3) is 5.03. The lowest BCUT2D eigenvalue weighted by molar-refractivity contribution is -0.138. The van der Waals surface area contributed by atoms with Crippen LogP contribution in [0, 0.1) is 0 Å². The SMILES string of the molecule is CN(CC1CCCO1)C(=O)C(C)(Cc1ccccc1)c1ccnc2c(-c3ccc(C(F)(F)F)cc3)cnn12. The highest BCUT2D eigenvalue weighted by Gasteiger charge is 2.41. The molecule has 2 aromatic carbocycles. The quantitative estimate of drug-likeness (QED) is 0.319. The summed E-state index contributed by atoms with van der Waals surface area (Å²) in [4.78, 5) is 20.3. The zero-order chi connectivity index (χ0) is 26.9. The maximum absolute atomic E-state index is 14.1. The summed E-state index contributed by atoms with van der Waals surface area (Å²) in [5.74, 6) is -0.0732. The van der Waals surface area contributed by atoms with Gasteiger partial charge in [-0.15, -0.1) is 0 Å². The molecule has 0 bridgehead atoms. The Morgan fingerprint density at radius 2 is 1.84 bits per heavy atom. The minimum atomic E-state index is -4.42. The summed E-state index contributed by atoms with van der Waals surface area (Å²) >= 11 is 0. The lowest BCUT2D eigenvalue weighted by Gasteiger charge is -2.34. The number of hydrogen-bond acceptors (Lipinski definition) is 4. The summed E-state index contributed by atoms with van der Waals surface area (Å²) in [5.41, 5.74) is 1.53. The van der Waals surface area contributed by atoms with E-state index < -0.39 is 17.2 Å². The molecule has 198 valence electrons. The average Bonchev–Trinajstić information content (AvgIpc) is 3.58. The maximum Gasteiger partial charge on any atom is 0.416 e. The van der Waals surface area contributed by atoms with Gasteiger partial charge in [-0.2, -0.15) is 18.3 Å². The van der Waals surface area contributed by atoms with Crippen LogP contribution in [0.4, 0.5) is 13.2 Å². The number of aromatic nitrogens is 3. The van der Waals surface area contributed by atoms with Crippen LogP contribution in [0.25, 0.3) is 16.8 Å². The highest BCUT2D eigenvalue weighted by atomic mass is 19.4. The van der Waals surface area contributed by atoms with Crippen LogP contribution in [0.15, 0.2) is 73.1 Å². The molecular formula is C29H29F3N4O2. The zero-order valence-electron chi connectivity index (χ0n) is 21.3. The number of carbonyl (C=O) groups excluding carboxylic acids is 1. The second-order valence-corrected chi connectivity index (χ2v) is 10.0. The summed E-state index contributed by atoms with van der Waals surface area (Å²) < 4.78 is 46.6. The van der Waals surface area contributed by atoms with Crippen LogP contribution in [0.3, 0.4) is 0 Å². The molecule has 0 aliphatic carbocycles. The fourth-order valence-electron chi connectivity index (χ4n) is 5.23. The highest BCUT2D eigenvalue weighted by Crippen LogP contribution is 2.35. The first-order valence-electron chi connectivity index (χ1n) is 12.6. The van der Waals surface area contributed by atoms with Crippen LogP contribution >= 0.6 is 0 Å². The summed E-state index contributed by atoms with van der Waals surface area (Å²) in [6.45, 7) is 3.11. The molecule has 4 aromatic rings. The first kappa shape index (κ1) is 25.9. The van der Waals surface area contributed by atoms with Crippen molar-refractivity contribution in [1.82, 2.24) is 19.5 Å². The molecule has 1 amide bonds. The normalized spacial score (nSPS) is 17.4. The molecule has 2 unspecified atom stereocenters. The van der Waals surface area contributed by atoms with Gasteiger partial charge >= 0.3 is 6.18 Å². The molecule has 0 saturated carbocycles. The average molecular weight is 523 g/mol. The van der Waals surface area contributed by atoms with E-state index >= 15 is 0 Å². The van der Waals surface area contributed by atoms with E-state index in [-0.39, 0.29) is 12.0 Å². The van der Waals surface area contributed by atoms with E-state index in [1.54, 1.807) is 34.9 Å². The van der Waals surface area contributed by atoms with Gasteiger partial charge in [-0.1, -0.05) is 42.5 Å². The van der Waals surface area contributed by atoms with Gasteiger partial charge in [-0.25, -0.2) is 9.50 Å². The molecule has 1 aliphatic rings. The van der Waals surface area contributed by atoms with E-state index in [0.29, 0.717) is 42.0 Å². The van der Waals surface area contributed by atoms with Gasteiger partial charge in [0.2, 0.25) is 5.91 Å². The number of rotatable bonds is 7. The predicted octanol–water partition coefficient (Wildman–Crippen LogP) is 5.55. The number of alkyl halides is 3. The number of likely N-dealkylation sites (N-methyl/N-ethyl adjacent to an activating group) is 1. The Kier molecular flexibility index (Phi) is 6.96. The predicted molar refractivity (Wildman–Crippen MR) is 138 cm³/mol. The number of ether oxygens (including phenoxy) is 1. The monoisotopic (exact) mass is 522 g/mol. The van der Waals surface area contributed by atoms with Crippen molar-refractivity contribution in [3.8, 4) is 11.1 Å². The van der Waals surface area contributed by atoms with E-state index in [0.717, 1.165) is 30.5 Å². The summed E-state index contributed by atoms with van der Waals surface area (Å²) in [5, 5.41) is 4.56. The smallest absolute Gasteiger partial charge is 0.376 e. The lowest BCUT2D eigenvalue weighted by atomic mass is 9.78. The van der Waals surface area contributed by atoms with Crippen molar-refractivity contribution in [2.24, 2.45) is 0 Å². The molecule has 0 spiro atoms. The minimum absolute atomic E-state index is 0.0124. The third-order valence-corrected chi connectivity index (χ3v) is 7.21. The minimum Gasteiger partial charge on any atom is -0.376 e. The molecule has 2 aromatic heterocycles. The van der Waals surface area contributed by atoms with Crippen LogP contribution in [-0.4, -0.2) is 51.7 Å². The van der Waals surface area contributed by atoms with Gasteiger partial charge in [-0.05, 0) is 55.5 Å². The number of fused-ring (bicyclic) bond motifs is 1. The Balaban J connectivity index is 1.56. The molecular weight excluding hydrogens is 493 g/mol. The van der Waals surface area contributed by atoms with Crippen molar-refractivity contribution in [2.45, 2.75) is 43.9 Å². The standard InChI is InChI=1S/C29H29F3N4O2/c1-28(17-20-7-4-3-5-8-20,27(37)35(2)19-23-9-6-16-38-23)25-14-15-33-26-24(18-34-36(25)26)21-10-12-22(13-11-21)29(30,31)32/h3-5,7-8,10-15,18,23H,6,9,16-17,19H2,1-2H3. The molecule has 1 fully saturated rings. The number of halogens is 3. The van der Waals surface area contributed by atoms with Crippen molar-refractivity contribution in [1.29, 1.82) is 0 Å². The van der Waals surface area contributed by atoms with E-state index in [2.05, 4.69) is 10.1 Å². The third-order valence-electron chi connectivity index (χ3n) is 7.21. The molecule has 3 heterocycles. The first-order valence-corrected chi connectivity index (χ1v) is 12.6. The van der Waals surface area contributed by atoms with Gasteiger partial charge in [0.25, 0.3) is 0 Å². The number of carbonyl (C=O) groups is 1. The number of nitrogens with zero attached hydrogens (tertiary/aromatic N) is 4. The van der Waals surface area contributed by atoms with Crippen molar-refractivity contribution in [3.63, 3.8) is 0 Å². The van der Waals surface area contributed by atoms with E-state index in [9.17, 15) is 18.0 Å². The maximum atomic E-state index is 14.1. The fourth-order valence-corrected chi connectivity index (χ4v) is 5.23. The Labute approximate surface area is 219 Å². The Morgan fingerprint density at radius 3 is 2.50 bits per heavy atom. The topological polar surface area (TPSA) is 59.7 Å². The molecule has 0 radical (unpaired) electrons. The van der Waals surface area contributed by atoms with Gasteiger partial charge in [0.05, 0.1) is 29.0 Å². The summed E-state index contributed by atoms with van der Waals surface area (Å²) in [6, 6.07) is 16.5. The van der Waals surface area contributed by atoms with E-state index in [1.807, 2.05) is 37.3 Å². The Morgan fingerprint density at radius 1 is 1.11 bits per heavy atom. The van der Waals surface area contributed by atoms with Crippen molar-refractivity contribution < 1.29 is 22.7 Å². The zero-order valence-corrected chi connectivity index (χ0v) is 21.3. The summed E-state index contributed by atoms with van der Waals surface area (Å²) in [6.07, 6.45) is 1.13. The number of amides is 1. The molecule has 6 nitrogen and oxygen atoms in total. The second kappa shape index (κ2) is 10.2. The molecule has 9 heteroatoms. The van der Waals surface area contributed by atoms with E-state index in [4.69, 9.17) is 4.74 Å². The van der Waals surface area contributed by atoms with Crippen molar-refractivity contribution in [2.75, 3.05) is 20.2 Å². The molecule has 2 atom stereocenters. The Hall–Kier alpha value is -3.72. The molecule has 0 N–H and O–H groups in total. The Bertz CT molecular complexity index is 1410. The number of hydrogen-bond donors (Lipinski definition) is 0. The second-order valence-electron chi connectivity index (χ2n) is 10.0. The van der Waals surface area contributed by atoms with Gasteiger partial charge in [0.1, 0.15) is 0 Å². The van der Waals surface area contributed by atoms with Crippen LogP contribution in [0.2, 0.25) is 0 Å². The van der Waals surface area contributed by atoms with Crippen LogP contribution in [-0.2, 0) is 27.5 Å². The van der Waals surface area contributed by atoms with Crippen LogP contribution in [0.5, 0.6) is 0 Å². The lowest BCUT2D eigenvalue weighted by Crippen LogP contribution is -2.48. The van der Waals surface area contributed by atoms with Crippen LogP contribution < -0.4 is 0 Å². The molecule has 1 aliphatic heterocycles. The first-order chi connectivity index (χ1) is 18.2. The summed E-state index contributed by atoms with van der Waals surface area (Å²) in [7, 11) is 1.79. The molecule has 1 saturated heterocycles. The molecule has 5 rings (SSSR count). The van der Waals surface area contributed by atoms with Gasteiger partial charge in [0.15, 0.2) is 5.65 Å². The molecule has 38 heavy (non-hydrogen) atoms. The highest BCUT2D eigenvalue weighted by molar-refractivity contribution is 5.88. The largest absolute Gasteiger partial charge is 0.416 e. The van der Waals surface area contributed by atoms with Crippen LogP contribution in [0.1, 0.15) is 36.6 Å². The van der Waals surface area contributed by atoms with E-state index in [1.165, 1.54) is 12.1 Å². The van der Waals surface area contributed by atoms with Gasteiger partial charge in [-0.3, -0.25) is 4.79 Å².